The van der Waals surface area contributed by atoms with Crippen molar-refractivity contribution in [2.45, 2.75) is 40.2 Å². The van der Waals surface area contributed by atoms with Crippen molar-refractivity contribution < 1.29 is 4.79 Å². The minimum Gasteiger partial charge on any atom is -0.292 e. The lowest BCUT2D eigenvalue weighted by atomic mass is 10.0. The lowest BCUT2D eigenvalue weighted by Gasteiger charge is -2.29. The van der Waals surface area contributed by atoms with Gasteiger partial charge in [-0.1, -0.05) is 43.7 Å². The standard InChI is InChI=1S/C17H24N2O/c1-13(2)12-19(11-5-10-18)15(4)17(20)16-8-6-14(3)7-9-16/h6-9,13,15H,5,11-12H2,1-4H3. The van der Waals surface area contributed by atoms with Crippen LogP contribution < -0.4 is 0 Å². The van der Waals surface area contributed by atoms with Crippen LogP contribution in [-0.2, 0) is 0 Å². The molecule has 1 aromatic rings. The summed E-state index contributed by atoms with van der Waals surface area (Å²) in [5, 5.41) is 8.76. The van der Waals surface area contributed by atoms with E-state index in [9.17, 15) is 4.79 Å². The Labute approximate surface area is 122 Å². The highest BCUT2D eigenvalue weighted by atomic mass is 16.1. The zero-order chi connectivity index (χ0) is 15.1. The number of hydrogen-bond donors (Lipinski definition) is 0. The molecule has 0 spiro atoms. The van der Waals surface area contributed by atoms with Gasteiger partial charge >= 0.3 is 0 Å². The number of carbonyl (C=O) groups is 1. The van der Waals surface area contributed by atoms with Crippen LogP contribution in [0.1, 0.15) is 43.1 Å². The Kier molecular flexibility index (Phi) is 6.41. The molecule has 0 saturated heterocycles. The number of hydrogen-bond acceptors (Lipinski definition) is 3. The van der Waals surface area contributed by atoms with E-state index in [1.54, 1.807) is 0 Å². The molecule has 20 heavy (non-hydrogen) atoms. The molecule has 0 saturated carbocycles. The van der Waals surface area contributed by atoms with Gasteiger partial charge in [-0.3, -0.25) is 9.69 Å². The summed E-state index contributed by atoms with van der Waals surface area (Å²) in [5.74, 6) is 0.602. The molecule has 0 aliphatic rings. The molecule has 1 aromatic carbocycles. The van der Waals surface area contributed by atoms with Crippen molar-refractivity contribution in [2.75, 3.05) is 13.1 Å². The average Bonchev–Trinajstić information content (AvgIpc) is 2.42. The highest BCUT2D eigenvalue weighted by Gasteiger charge is 2.22. The first-order chi connectivity index (χ1) is 9.45. The number of ketones is 1. The van der Waals surface area contributed by atoms with E-state index in [2.05, 4.69) is 24.8 Å². The first kappa shape index (κ1) is 16.4. The highest BCUT2D eigenvalue weighted by Crippen LogP contribution is 2.13. The fraction of sp³-hybridized carbons (Fsp3) is 0.529. The van der Waals surface area contributed by atoms with E-state index in [0.29, 0.717) is 18.9 Å². The van der Waals surface area contributed by atoms with Crippen LogP contribution in [0.4, 0.5) is 0 Å². The van der Waals surface area contributed by atoms with Crippen LogP contribution in [0.3, 0.4) is 0 Å². The Morgan fingerprint density at radius 3 is 2.35 bits per heavy atom. The first-order valence-corrected chi connectivity index (χ1v) is 7.17. The Bertz CT molecular complexity index is 471. The summed E-state index contributed by atoms with van der Waals surface area (Å²) in [6.45, 7) is 9.68. The SMILES string of the molecule is Cc1ccc(C(=O)C(C)N(CCC#N)CC(C)C)cc1. The van der Waals surface area contributed by atoms with Crippen LogP contribution in [0, 0.1) is 24.2 Å². The summed E-state index contributed by atoms with van der Waals surface area (Å²) < 4.78 is 0. The average molecular weight is 272 g/mol. The smallest absolute Gasteiger partial charge is 0.179 e. The fourth-order valence-electron chi connectivity index (χ4n) is 2.23. The molecule has 0 fully saturated rings. The molecule has 0 N–H and O–H groups in total. The molecular formula is C17H24N2O. The van der Waals surface area contributed by atoms with E-state index in [0.717, 1.165) is 17.7 Å². The molecule has 1 unspecified atom stereocenters. The molecular weight excluding hydrogens is 248 g/mol. The van der Waals surface area contributed by atoms with Gasteiger partial charge < -0.3 is 0 Å². The first-order valence-electron chi connectivity index (χ1n) is 7.17. The molecule has 0 aliphatic carbocycles. The molecule has 0 bridgehead atoms. The third-order valence-electron chi connectivity index (χ3n) is 3.37. The lowest BCUT2D eigenvalue weighted by molar-refractivity contribution is 0.0824. The van der Waals surface area contributed by atoms with E-state index in [1.165, 1.54) is 0 Å². The largest absolute Gasteiger partial charge is 0.292 e. The van der Waals surface area contributed by atoms with Crippen molar-refractivity contribution in [3.63, 3.8) is 0 Å². The van der Waals surface area contributed by atoms with E-state index in [4.69, 9.17) is 5.26 Å². The van der Waals surface area contributed by atoms with Gasteiger partial charge in [-0.2, -0.15) is 5.26 Å². The summed E-state index contributed by atoms with van der Waals surface area (Å²) in [5.41, 5.74) is 1.89. The Morgan fingerprint density at radius 1 is 1.25 bits per heavy atom. The number of benzene rings is 1. The predicted octanol–water partition coefficient (Wildman–Crippen LogP) is 3.44. The van der Waals surface area contributed by atoms with Gasteiger partial charge in [-0.05, 0) is 19.8 Å². The Morgan fingerprint density at radius 2 is 1.85 bits per heavy atom. The summed E-state index contributed by atoms with van der Waals surface area (Å²) in [7, 11) is 0. The lowest BCUT2D eigenvalue weighted by Crippen LogP contribution is -2.41. The van der Waals surface area contributed by atoms with E-state index in [1.807, 2.05) is 38.1 Å². The van der Waals surface area contributed by atoms with Crippen LogP contribution in [-0.4, -0.2) is 29.8 Å². The van der Waals surface area contributed by atoms with Gasteiger partial charge in [-0.15, -0.1) is 0 Å². The molecule has 0 aliphatic heterocycles. The summed E-state index contributed by atoms with van der Waals surface area (Å²) in [4.78, 5) is 14.6. The van der Waals surface area contributed by atoms with Crippen molar-refractivity contribution in [1.82, 2.24) is 4.90 Å². The van der Waals surface area contributed by atoms with E-state index >= 15 is 0 Å². The van der Waals surface area contributed by atoms with Gasteiger partial charge in [0.25, 0.3) is 0 Å². The molecule has 0 aromatic heterocycles. The molecule has 3 heteroatoms. The number of aryl methyl sites for hydroxylation is 1. The maximum Gasteiger partial charge on any atom is 0.179 e. The summed E-state index contributed by atoms with van der Waals surface area (Å²) in [6, 6.07) is 9.66. The molecule has 0 heterocycles. The van der Waals surface area contributed by atoms with Crippen LogP contribution in [0.25, 0.3) is 0 Å². The Balaban J connectivity index is 2.81. The minimum absolute atomic E-state index is 0.128. The second-order valence-electron chi connectivity index (χ2n) is 5.70. The van der Waals surface area contributed by atoms with Crippen molar-refractivity contribution in [3.05, 3.63) is 35.4 Å². The fourth-order valence-corrected chi connectivity index (χ4v) is 2.23. The molecule has 1 rings (SSSR count). The second-order valence-corrected chi connectivity index (χ2v) is 5.70. The normalized spacial score (nSPS) is 12.4. The van der Waals surface area contributed by atoms with E-state index in [-0.39, 0.29) is 11.8 Å². The number of rotatable bonds is 7. The van der Waals surface area contributed by atoms with Crippen LogP contribution in [0.5, 0.6) is 0 Å². The molecule has 0 amide bonds. The van der Waals surface area contributed by atoms with Gasteiger partial charge in [0.2, 0.25) is 0 Å². The quantitative estimate of drug-likeness (QED) is 0.714. The summed E-state index contributed by atoms with van der Waals surface area (Å²) >= 11 is 0. The van der Waals surface area contributed by atoms with Gasteiger partial charge in [-0.25, -0.2) is 0 Å². The number of nitrogens with zero attached hydrogens (tertiary/aromatic N) is 2. The van der Waals surface area contributed by atoms with E-state index < -0.39 is 0 Å². The summed E-state index contributed by atoms with van der Waals surface area (Å²) in [6.07, 6.45) is 0.457. The highest BCUT2D eigenvalue weighted by molar-refractivity contribution is 5.99. The maximum atomic E-state index is 12.5. The van der Waals surface area contributed by atoms with Crippen LogP contribution in [0.15, 0.2) is 24.3 Å². The third kappa shape index (κ3) is 4.79. The van der Waals surface area contributed by atoms with Crippen molar-refractivity contribution >= 4 is 5.78 Å². The number of Topliss-reactive ketones (excluding diaryl/α,β-unsaturated/α-hetero) is 1. The predicted molar refractivity (Wildman–Crippen MR) is 81.6 cm³/mol. The number of nitriles is 1. The van der Waals surface area contributed by atoms with Gasteiger partial charge in [0.05, 0.1) is 12.1 Å². The molecule has 0 radical (unpaired) electrons. The maximum absolute atomic E-state index is 12.5. The van der Waals surface area contributed by atoms with Gasteiger partial charge in [0.1, 0.15) is 0 Å². The second kappa shape index (κ2) is 7.81. The van der Waals surface area contributed by atoms with Crippen molar-refractivity contribution in [3.8, 4) is 6.07 Å². The topological polar surface area (TPSA) is 44.1 Å². The van der Waals surface area contributed by atoms with Crippen LogP contribution >= 0.6 is 0 Å². The number of carbonyl (C=O) groups excluding carboxylic acids is 1. The van der Waals surface area contributed by atoms with Crippen molar-refractivity contribution in [1.29, 1.82) is 5.26 Å². The minimum atomic E-state index is -0.187. The molecule has 1 atom stereocenters. The molecule has 3 nitrogen and oxygen atoms in total. The van der Waals surface area contributed by atoms with Gasteiger partial charge in [0, 0.05) is 25.1 Å². The van der Waals surface area contributed by atoms with Crippen molar-refractivity contribution in [2.24, 2.45) is 5.92 Å². The molecule has 108 valence electrons. The zero-order valence-electron chi connectivity index (χ0n) is 12.9. The van der Waals surface area contributed by atoms with Crippen LogP contribution in [0.2, 0.25) is 0 Å². The van der Waals surface area contributed by atoms with Gasteiger partial charge in [0.15, 0.2) is 5.78 Å². The zero-order valence-corrected chi connectivity index (χ0v) is 12.9. The Hall–Kier alpha value is -1.66. The monoisotopic (exact) mass is 272 g/mol. The third-order valence-corrected chi connectivity index (χ3v) is 3.37.